The van der Waals surface area contributed by atoms with E-state index in [-0.39, 0.29) is 16.8 Å². The van der Waals surface area contributed by atoms with Crippen LogP contribution in [0.25, 0.3) is 0 Å². The number of halogens is 2. The smallest absolute Gasteiger partial charge is 0.255 e. The molecule has 3 nitrogen and oxygen atoms in total. The minimum atomic E-state index is -0.465. The van der Waals surface area contributed by atoms with Crippen molar-refractivity contribution in [2.24, 2.45) is 0 Å². The number of carbonyl (C=O) groups excluding carboxylic acids is 1. The van der Waals surface area contributed by atoms with Gasteiger partial charge in [-0.25, -0.2) is 9.37 Å². The van der Waals surface area contributed by atoms with Crippen LogP contribution in [-0.4, -0.2) is 10.9 Å². The summed E-state index contributed by atoms with van der Waals surface area (Å²) < 4.78 is 13.8. The maximum Gasteiger partial charge on any atom is 0.255 e. The van der Waals surface area contributed by atoms with Crippen molar-refractivity contribution in [1.29, 1.82) is 0 Å². The van der Waals surface area contributed by atoms with E-state index in [0.717, 1.165) is 5.69 Å². The van der Waals surface area contributed by atoms with Crippen molar-refractivity contribution in [2.75, 3.05) is 5.32 Å². The van der Waals surface area contributed by atoms with Crippen molar-refractivity contribution in [2.45, 2.75) is 26.7 Å². The third kappa shape index (κ3) is 3.58. The number of pyridine rings is 1. The molecule has 0 aliphatic carbocycles. The van der Waals surface area contributed by atoms with E-state index in [0.29, 0.717) is 11.1 Å². The van der Waals surface area contributed by atoms with Crippen LogP contribution in [0.3, 0.4) is 0 Å². The summed E-state index contributed by atoms with van der Waals surface area (Å²) in [6.45, 7) is 5.65. The molecule has 0 bridgehead atoms. The third-order valence-corrected chi connectivity index (χ3v) is 3.32. The number of anilines is 1. The topological polar surface area (TPSA) is 42.0 Å². The predicted octanol–water partition coefficient (Wildman–Crippen LogP) is 4.56. The molecular weight excluding hydrogens is 291 g/mol. The van der Waals surface area contributed by atoms with Crippen LogP contribution in [0.5, 0.6) is 0 Å². The van der Waals surface area contributed by atoms with E-state index in [2.05, 4.69) is 10.3 Å². The first-order valence-electron chi connectivity index (χ1n) is 6.62. The molecule has 0 fully saturated rings. The number of hydrogen-bond acceptors (Lipinski definition) is 2. The molecule has 1 aromatic heterocycles. The first kappa shape index (κ1) is 15.4. The fraction of sp³-hybridized carbons (Fsp3) is 0.250. The largest absolute Gasteiger partial charge is 0.319 e. The number of para-hydroxylation sites is 1. The van der Waals surface area contributed by atoms with Crippen LogP contribution in [0.1, 0.15) is 41.4 Å². The Kier molecular flexibility index (Phi) is 4.58. The highest BCUT2D eigenvalue weighted by atomic mass is 35.5. The van der Waals surface area contributed by atoms with Gasteiger partial charge in [0.15, 0.2) is 0 Å². The fourth-order valence-electron chi connectivity index (χ4n) is 1.92. The fourth-order valence-corrected chi connectivity index (χ4v) is 2.14. The van der Waals surface area contributed by atoms with Gasteiger partial charge in [-0.3, -0.25) is 4.79 Å². The van der Waals surface area contributed by atoms with Gasteiger partial charge in [-0.05, 0) is 36.6 Å². The second kappa shape index (κ2) is 6.22. The predicted molar refractivity (Wildman–Crippen MR) is 82.4 cm³/mol. The van der Waals surface area contributed by atoms with Crippen LogP contribution in [0, 0.1) is 12.7 Å². The molecule has 1 heterocycles. The molecule has 0 saturated heterocycles. The molecule has 2 aromatic rings. The summed E-state index contributed by atoms with van der Waals surface area (Å²) in [7, 11) is 0. The van der Waals surface area contributed by atoms with Crippen LogP contribution in [0.2, 0.25) is 5.15 Å². The molecule has 0 saturated carbocycles. The Morgan fingerprint density at radius 1 is 1.33 bits per heavy atom. The van der Waals surface area contributed by atoms with Crippen molar-refractivity contribution in [3.8, 4) is 0 Å². The molecule has 5 heteroatoms. The second-order valence-electron chi connectivity index (χ2n) is 5.14. The minimum Gasteiger partial charge on any atom is -0.319 e. The summed E-state index contributed by atoms with van der Waals surface area (Å²) in [5.41, 5.74) is 1.92. The summed E-state index contributed by atoms with van der Waals surface area (Å²) in [6, 6.07) is 7.78. The van der Waals surface area contributed by atoms with Crippen LogP contribution in [-0.2, 0) is 0 Å². The maximum atomic E-state index is 13.8. The van der Waals surface area contributed by atoms with E-state index in [1.165, 1.54) is 12.1 Å². The van der Waals surface area contributed by atoms with Crippen molar-refractivity contribution < 1.29 is 9.18 Å². The molecule has 21 heavy (non-hydrogen) atoms. The first-order valence-corrected chi connectivity index (χ1v) is 7.00. The van der Waals surface area contributed by atoms with Crippen LogP contribution < -0.4 is 5.32 Å². The molecule has 110 valence electrons. The maximum absolute atomic E-state index is 13.8. The zero-order valence-electron chi connectivity index (χ0n) is 12.1. The van der Waals surface area contributed by atoms with Crippen molar-refractivity contribution in [3.05, 3.63) is 58.1 Å². The number of rotatable bonds is 3. The summed E-state index contributed by atoms with van der Waals surface area (Å²) in [5.74, 6) is -0.729. The minimum absolute atomic E-state index is 0.144. The number of amides is 1. The van der Waals surface area contributed by atoms with Crippen LogP contribution >= 0.6 is 11.6 Å². The second-order valence-corrected chi connectivity index (χ2v) is 5.53. The van der Waals surface area contributed by atoms with Crippen molar-refractivity contribution in [3.63, 3.8) is 0 Å². The molecule has 2 rings (SSSR count). The lowest BCUT2D eigenvalue weighted by molar-refractivity contribution is 0.102. The lowest BCUT2D eigenvalue weighted by Crippen LogP contribution is -2.15. The Bertz CT molecular complexity index is 666. The van der Waals surface area contributed by atoms with E-state index < -0.39 is 11.7 Å². The average Bonchev–Trinajstić information content (AvgIpc) is 2.42. The van der Waals surface area contributed by atoms with Gasteiger partial charge >= 0.3 is 0 Å². The number of aryl methyl sites for hydroxylation is 1. The molecule has 1 N–H and O–H groups in total. The van der Waals surface area contributed by atoms with Gasteiger partial charge in [0.05, 0.1) is 5.69 Å². The molecule has 1 amide bonds. The molecule has 0 radical (unpaired) electrons. The highest BCUT2D eigenvalue weighted by molar-refractivity contribution is 6.29. The van der Waals surface area contributed by atoms with Crippen LogP contribution in [0.15, 0.2) is 30.3 Å². The normalized spacial score (nSPS) is 10.8. The van der Waals surface area contributed by atoms with Gasteiger partial charge in [0, 0.05) is 11.3 Å². The molecule has 0 aliphatic heterocycles. The summed E-state index contributed by atoms with van der Waals surface area (Å²) in [5, 5.41) is 2.83. The molecule has 0 spiro atoms. The van der Waals surface area contributed by atoms with Crippen LogP contribution in [0.4, 0.5) is 10.1 Å². The average molecular weight is 307 g/mol. The SMILES string of the molecule is Cc1cccc(F)c1NC(=O)c1cc(Cl)nc(C(C)C)c1. The number of nitrogens with zero attached hydrogens (tertiary/aromatic N) is 1. The number of hydrogen-bond donors (Lipinski definition) is 1. The van der Waals surface area contributed by atoms with Gasteiger partial charge in [0.1, 0.15) is 11.0 Å². The first-order chi connectivity index (χ1) is 9.88. The number of aromatic nitrogens is 1. The van der Waals surface area contributed by atoms with E-state index in [1.807, 2.05) is 13.8 Å². The lowest BCUT2D eigenvalue weighted by atomic mass is 10.1. The summed E-state index contributed by atoms with van der Waals surface area (Å²) >= 11 is 5.94. The molecular formula is C16H16ClFN2O. The van der Waals surface area contributed by atoms with E-state index in [9.17, 15) is 9.18 Å². The number of nitrogens with one attached hydrogen (secondary N) is 1. The van der Waals surface area contributed by atoms with E-state index >= 15 is 0 Å². The van der Waals surface area contributed by atoms with Gasteiger partial charge in [-0.1, -0.05) is 37.6 Å². The van der Waals surface area contributed by atoms with E-state index in [1.54, 1.807) is 25.1 Å². The van der Waals surface area contributed by atoms with Gasteiger partial charge in [-0.2, -0.15) is 0 Å². The van der Waals surface area contributed by atoms with Crippen molar-refractivity contribution in [1.82, 2.24) is 4.98 Å². The standard InChI is InChI=1S/C16H16ClFN2O/c1-9(2)13-7-11(8-14(17)19-13)16(21)20-15-10(3)5-4-6-12(15)18/h4-9H,1-3H3,(H,20,21). The van der Waals surface area contributed by atoms with Gasteiger partial charge in [-0.15, -0.1) is 0 Å². The van der Waals surface area contributed by atoms with Crippen molar-refractivity contribution >= 4 is 23.2 Å². The van der Waals surface area contributed by atoms with E-state index in [4.69, 9.17) is 11.6 Å². The Morgan fingerprint density at radius 3 is 2.67 bits per heavy atom. The van der Waals surface area contributed by atoms with Gasteiger partial charge in [0.2, 0.25) is 0 Å². The number of carbonyl (C=O) groups is 1. The Balaban J connectivity index is 2.33. The third-order valence-electron chi connectivity index (χ3n) is 3.13. The Morgan fingerprint density at radius 2 is 2.05 bits per heavy atom. The summed E-state index contributed by atoms with van der Waals surface area (Å²) in [4.78, 5) is 16.5. The van der Waals surface area contributed by atoms with Gasteiger partial charge in [0.25, 0.3) is 5.91 Å². The monoisotopic (exact) mass is 306 g/mol. The Hall–Kier alpha value is -1.94. The zero-order chi connectivity index (χ0) is 15.6. The molecule has 0 aliphatic rings. The zero-order valence-corrected chi connectivity index (χ0v) is 12.8. The summed E-state index contributed by atoms with van der Waals surface area (Å²) in [6.07, 6.45) is 0. The van der Waals surface area contributed by atoms with Gasteiger partial charge < -0.3 is 5.32 Å². The highest BCUT2D eigenvalue weighted by Gasteiger charge is 2.14. The highest BCUT2D eigenvalue weighted by Crippen LogP contribution is 2.22. The molecule has 1 aromatic carbocycles. The lowest BCUT2D eigenvalue weighted by Gasteiger charge is -2.11. The molecule has 0 atom stereocenters. The quantitative estimate of drug-likeness (QED) is 0.845. The number of benzene rings is 1. The Labute approximate surface area is 128 Å². The molecule has 0 unspecified atom stereocenters.